The summed E-state index contributed by atoms with van der Waals surface area (Å²) in [7, 11) is 0. The van der Waals surface area contributed by atoms with Crippen molar-refractivity contribution in [2.75, 3.05) is 0 Å². The lowest BCUT2D eigenvalue weighted by molar-refractivity contribution is 0.0540. The molecule has 0 saturated carbocycles. The normalized spacial score (nSPS) is 14.1. The molecule has 2 atom stereocenters. The molecule has 0 aromatic carbocycles. The number of hydrogen-bond donors (Lipinski definition) is 4. The second-order valence-corrected chi connectivity index (χ2v) is 11.8. The maximum absolute atomic E-state index is 9.32. The van der Waals surface area contributed by atoms with Crippen LogP contribution < -0.4 is 0 Å². The molecule has 0 aromatic rings. The smallest absolute Gasteiger partial charge is 0.0594 e. The monoisotopic (exact) mass is 450 g/mol. The van der Waals surface area contributed by atoms with E-state index in [1.54, 1.807) is 13.8 Å². The van der Waals surface area contributed by atoms with Gasteiger partial charge in [-0.2, -0.15) is 0 Å². The summed E-state index contributed by atoms with van der Waals surface area (Å²) < 4.78 is 0. The third-order valence-electron chi connectivity index (χ3n) is 4.82. The molecule has 0 aromatic heterocycles. The van der Waals surface area contributed by atoms with Crippen LogP contribution in [0.1, 0.15) is 142 Å². The molecule has 0 rings (SSSR count). The summed E-state index contributed by atoms with van der Waals surface area (Å²) in [5.74, 6) is 1.29. The largest absolute Gasteiger partial charge is 0.390 e. The van der Waals surface area contributed by atoms with Gasteiger partial charge in [-0.05, 0) is 92.9 Å². The van der Waals surface area contributed by atoms with E-state index >= 15 is 0 Å². The second-order valence-electron chi connectivity index (χ2n) is 11.8. The molecule has 0 aliphatic rings. The molecule has 0 aliphatic carbocycles. The molecule has 4 heteroatoms. The van der Waals surface area contributed by atoms with Gasteiger partial charge < -0.3 is 20.4 Å². The standard InChI is InChI=1S/2C8H18O.C6H14O.C5H12O/c2*1-5-7(2)6-8(3,4)9;1-4-5-6(2,3)7;1-4-5(2,3)6/h2*7,9H,5-6H2,1-4H3;7H,4-5H2,1-3H3;6H,4H2,1-3H3. The van der Waals surface area contributed by atoms with Gasteiger partial charge >= 0.3 is 0 Å². The predicted molar refractivity (Wildman–Crippen MR) is 139 cm³/mol. The van der Waals surface area contributed by atoms with E-state index in [0.717, 1.165) is 44.9 Å². The van der Waals surface area contributed by atoms with Crippen LogP contribution in [-0.2, 0) is 0 Å². The minimum Gasteiger partial charge on any atom is -0.390 e. The molecular weight excluding hydrogens is 388 g/mol. The fraction of sp³-hybridized carbons (Fsp3) is 1.00. The van der Waals surface area contributed by atoms with Crippen molar-refractivity contribution >= 4 is 0 Å². The first kappa shape index (κ1) is 38.1. The van der Waals surface area contributed by atoms with Crippen molar-refractivity contribution in [2.24, 2.45) is 11.8 Å². The molecule has 0 radical (unpaired) electrons. The Bertz CT molecular complexity index is 343. The summed E-state index contributed by atoms with van der Waals surface area (Å²) in [5, 5.41) is 36.5. The summed E-state index contributed by atoms with van der Waals surface area (Å²) in [4.78, 5) is 0. The zero-order valence-electron chi connectivity index (χ0n) is 23.9. The Hall–Kier alpha value is -0.160. The SMILES string of the molecule is CCC(C)(C)O.CCC(C)CC(C)(C)O.CCC(C)CC(C)(C)O.CCCC(C)(C)O. The molecule has 0 saturated heterocycles. The maximum atomic E-state index is 9.32. The quantitative estimate of drug-likeness (QED) is 0.302. The van der Waals surface area contributed by atoms with Crippen LogP contribution in [0.4, 0.5) is 0 Å². The van der Waals surface area contributed by atoms with E-state index in [9.17, 15) is 10.2 Å². The zero-order valence-corrected chi connectivity index (χ0v) is 23.9. The number of aliphatic hydroxyl groups is 4. The van der Waals surface area contributed by atoms with Gasteiger partial charge in [0.05, 0.1) is 22.4 Å². The lowest BCUT2D eigenvalue weighted by atomic mass is 9.93. The maximum Gasteiger partial charge on any atom is 0.0594 e. The van der Waals surface area contributed by atoms with Gasteiger partial charge in [0.15, 0.2) is 0 Å². The van der Waals surface area contributed by atoms with Crippen molar-refractivity contribution in [1.82, 2.24) is 0 Å². The number of hydrogen-bond acceptors (Lipinski definition) is 4. The Balaban J connectivity index is -0.000000159. The molecule has 0 amide bonds. The molecule has 2 unspecified atom stereocenters. The van der Waals surface area contributed by atoms with Gasteiger partial charge in [-0.25, -0.2) is 0 Å². The Morgan fingerprint density at radius 3 is 0.806 bits per heavy atom. The van der Waals surface area contributed by atoms with Crippen LogP contribution in [0.25, 0.3) is 0 Å². The van der Waals surface area contributed by atoms with Crippen LogP contribution in [0.2, 0.25) is 0 Å². The van der Waals surface area contributed by atoms with Crippen molar-refractivity contribution in [3.8, 4) is 0 Å². The van der Waals surface area contributed by atoms with E-state index in [4.69, 9.17) is 10.2 Å². The van der Waals surface area contributed by atoms with Gasteiger partial charge in [0.2, 0.25) is 0 Å². The van der Waals surface area contributed by atoms with Crippen LogP contribution in [0.5, 0.6) is 0 Å². The van der Waals surface area contributed by atoms with E-state index < -0.39 is 22.4 Å². The van der Waals surface area contributed by atoms with E-state index in [1.165, 1.54) is 0 Å². The van der Waals surface area contributed by atoms with Crippen molar-refractivity contribution < 1.29 is 20.4 Å². The highest BCUT2D eigenvalue weighted by Gasteiger charge is 2.16. The van der Waals surface area contributed by atoms with Gasteiger partial charge in [-0.1, -0.05) is 60.8 Å². The van der Waals surface area contributed by atoms with E-state index in [-0.39, 0.29) is 0 Å². The third-order valence-corrected chi connectivity index (χ3v) is 4.82. The fourth-order valence-corrected chi connectivity index (χ4v) is 2.61. The first-order chi connectivity index (χ1) is 13.5. The van der Waals surface area contributed by atoms with Gasteiger partial charge in [0, 0.05) is 0 Å². The van der Waals surface area contributed by atoms with E-state index in [0.29, 0.717) is 11.8 Å². The van der Waals surface area contributed by atoms with Crippen molar-refractivity contribution in [3.63, 3.8) is 0 Å². The van der Waals surface area contributed by atoms with Crippen LogP contribution in [0.15, 0.2) is 0 Å². The summed E-state index contributed by atoms with van der Waals surface area (Å²) >= 11 is 0. The predicted octanol–water partition coefficient (Wildman–Crippen LogP) is 7.11. The highest BCUT2D eigenvalue weighted by Crippen LogP contribution is 2.18. The summed E-state index contributed by atoms with van der Waals surface area (Å²) in [6, 6.07) is 0. The van der Waals surface area contributed by atoms with Crippen molar-refractivity contribution in [3.05, 3.63) is 0 Å². The van der Waals surface area contributed by atoms with Crippen LogP contribution in [0.3, 0.4) is 0 Å². The van der Waals surface area contributed by atoms with E-state index in [1.807, 2.05) is 48.5 Å². The lowest BCUT2D eigenvalue weighted by Crippen LogP contribution is -2.21. The van der Waals surface area contributed by atoms with Crippen LogP contribution >= 0.6 is 0 Å². The molecular formula is C27H62O4. The first-order valence-electron chi connectivity index (χ1n) is 12.4. The summed E-state index contributed by atoms with van der Waals surface area (Å²) in [6.45, 7) is 27.4. The minimum absolute atomic E-state index is 0.450. The van der Waals surface area contributed by atoms with E-state index in [2.05, 4.69) is 34.6 Å². The molecule has 4 nitrogen and oxygen atoms in total. The average Bonchev–Trinajstić information content (AvgIpc) is 2.51. The van der Waals surface area contributed by atoms with Crippen LogP contribution in [0, 0.1) is 11.8 Å². The zero-order chi connectivity index (χ0) is 26.1. The van der Waals surface area contributed by atoms with Gasteiger partial charge in [-0.15, -0.1) is 0 Å². The molecule has 0 heterocycles. The van der Waals surface area contributed by atoms with Gasteiger partial charge in [0.25, 0.3) is 0 Å². The lowest BCUT2D eigenvalue weighted by Gasteiger charge is -2.20. The van der Waals surface area contributed by atoms with Gasteiger partial charge in [-0.3, -0.25) is 0 Å². The molecule has 194 valence electrons. The first-order valence-corrected chi connectivity index (χ1v) is 12.4. The van der Waals surface area contributed by atoms with Gasteiger partial charge in [0.1, 0.15) is 0 Å². The Labute approximate surface area is 196 Å². The Kier molecular flexibility index (Phi) is 22.5. The minimum atomic E-state index is -0.477. The number of rotatable bonds is 9. The van der Waals surface area contributed by atoms with Crippen molar-refractivity contribution in [1.29, 1.82) is 0 Å². The Morgan fingerprint density at radius 2 is 0.774 bits per heavy atom. The molecule has 0 fully saturated rings. The van der Waals surface area contributed by atoms with Crippen molar-refractivity contribution in [2.45, 2.75) is 164 Å². The summed E-state index contributed by atoms with van der Waals surface area (Å²) in [6.07, 6.45) is 6.91. The molecule has 4 N–H and O–H groups in total. The second kappa shape index (κ2) is 18.3. The molecule has 0 bridgehead atoms. The third kappa shape index (κ3) is 53.3. The highest BCUT2D eigenvalue weighted by atomic mass is 16.3. The Morgan fingerprint density at radius 1 is 0.516 bits per heavy atom. The highest BCUT2D eigenvalue weighted by molar-refractivity contribution is 4.68. The topological polar surface area (TPSA) is 80.9 Å². The molecule has 31 heavy (non-hydrogen) atoms. The fourth-order valence-electron chi connectivity index (χ4n) is 2.61. The molecule has 0 spiro atoms. The summed E-state index contributed by atoms with van der Waals surface area (Å²) in [5.41, 5.74) is -1.86. The molecule has 0 aliphatic heterocycles. The van der Waals surface area contributed by atoms with Crippen LogP contribution in [-0.4, -0.2) is 42.8 Å². The average molecular weight is 451 g/mol.